The van der Waals surface area contributed by atoms with Gasteiger partial charge < -0.3 is 5.32 Å². The zero-order valence-electron chi connectivity index (χ0n) is 13.3. The molecule has 1 N–H and O–H groups in total. The minimum absolute atomic E-state index is 0.320. The van der Waals surface area contributed by atoms with Crippen LogP contribution in [0.2, 0.25) is 10.0 Å². The van der Waals surface area contributed by atoms with E-state index in [1.165, 1.54) is 37.7 Å². The maximum atomic E-state index is 6.12. The van der Waals surface area contributed by atoms with Gasteiger partial charge in [0.2, 0.25) is 0 Å². The van der Waals surface area contributed by atoms with Crippen molar-refractivity contribution in [1.82, 2.24) is 5.32 Å². The zero-order chi connectivity index (χ0) is 15.4. The minimum atomic E-state index is 0.320. The Labute approximate surface area is 139 Å². The molecular formula is C18H27Cl2N. The first-order valence-corrected chi connectivity index (χ1v) is 8.94. The quantitative estimate of drug-likeness (QED) is 0.644. The fourth-order valence-electron chi connectivity index (χ4n) is 3.40. The number of rotatable bonds is 4. The van der Waals surface area contributed by atoms with E-state index in [1.54, 1.807) is 0 Å². The van der Waals surface area contributed by atoms with Crippen LogP contribution in [0.5, 0.6) is 0 Å². The van der Waals surface area contributed by atoms with Crippen molar-refractivity contribution in [2.24, 2.45) is 11.8 Å². The number of hydrogen-bond donors (Lipinski definition) is 1. The van der Waals surface area contributed by atoms with E-state index in [9.17, 15) is 0 Å². The van der Waals surface area contributed by atoms with Gasteiger partial charge in [-0.25, -0.2) is 0 Å². The van der Waals surface area contributed by atoms with E-state index >= 15 is 0 Å². The van der Waals surface area contributed by atoms with Crippen LogP contribution in [0, 0.1) is 11.8 Å². The highest BCUT2D eigenvalue weighted by molar-refractivity contribution is 6.42. The second-order valence-electron chi connectivity index (χ2n) is 6.77. The van der Waals surface area contributed by atoms with Crippen LogP contribution in [0.25, 0.3) is 0 Å². The molecule has 1 aliphatic carbocycles. The van der Waals surface area contributed by atoms with Crippen molar-refractivity contribution in [2.45, 2.75) is 65.0 Å². The Balaban J connectivity index is 1.93. The molecule has 0 spiro atoms. The van der Waals surface area contributed by atoms with Gasteiger partial charge in [-0.3, -0.25) is 0 Å². The third kappa shape index (κ3) is 4.87. The second kappa shape index (κ2) is 7.85. The molecule has 0 aliphatic heterocycles. The summed E-state index contributed by atoms with van der Waals surface area (Å²) in [6.45, 7) is 6.93. The molecule has 1 saturated carbocycles. The molecule has 118 valence electrons. The fourth-order valence-corrected chi connectivity index (χ4v) is 3.70. The van der Waals surface area contributed by atoms with Gasteiger partial charge in [0.25, 0.3) is 0 Å². The zero-order valence-corrected chi connectivity index (χ0v) is 14.8. The Morgan fingerprint density at radius 3 is 2.43 bits per heavy atom. The fraction of sp³-hybridized carbons (Fsp3) is 0.667. The third-order valence-corrected chi connectivity index (χ3v) is 5.62. The molecule has 0 amide bonds. The highest BCUT2D eigenvalue weighted by Crippen LogP contribution is 2.30. The van der Waals surface area contributed by atoms with E-state index in [2.05, 4.69) is 32.2 Å². The van der Waals surface area contributed by atoms with Crippen LogP contribution in [0.3, 0.4) is 0 Å². The summed E-state index contributed by atoms with van der Waals surface area (Å²) < 4.78 is 0. The lowest BCUT2D eigenvalue weighted by Gasteiger charge is -2.23. The molecule has 2 rings (SSSR count). The topological polar surface area (TPSA) is 12.0 Å². The summed E-state index contributed by atoms with van der Waals surface area (Å²) in [6.07, 6.45) is 6.65. The average Bonchev–Trinajstić information content (AvgIpc) is 2.67. The van der Waals surface area contributed by atoms with Crippen LogP contribution >= 0.6 is 23.2 Å². The van der Waals surface area contributed by atoms with E-state index in [0.29, 0.717) is 22.1 Å². The van der Waals surface area contributed by atoms with Gasteiger partial charge >= 0.3 is 0 Å². The van der Waals surface area contributed by atoms with Crippen LogP contribution in [0.15, 0.2) is 18.2 Å². The molecule has 1 nitrogen and oxygen atoms in total. The summed E-state index contributed by atoms with van der Waals surface area (Å²) in [5.74, 6) is 1.72. The molecule has 1 fully saturated rings. The maximum Gasteiger partial charge on any atom is 0.0595 e. The van der Waals surface area contributed by atoms with Crippen molar-refractivity contribution in [2.75, 3.05) is 0 Å². The van der Waals surface area contributed by atoms with Gasteiger partial charge in [-0.2, -0.15) is 0 Å². The van der Waals surface area contributed by atoms with Crippen molar-refractivity contribution in [1.29, 1.82) is 0 Å². The van der Waals surface area contributed by atoms with Crippen LogP contribution < -0.4 is 5.32 Å². The molecule has 21 heavy (non-hydrogen) atoms. The molecule has 0 saturated heterocycles. The average molecular weight is 328 g/mol. The van der Waals surface area contributed by atoms with Gasteiger partial charge in [0, 0.05) is 12.1 Å². The lowest BCUT2D eigenvalue weighted by molar-refractivity contribution is 0.335. The molecule has 0 bridgehead atoms. The summed E-state index contributed by atoms with van der Waals surface area (Å²) in [5.41, 5.74) is 1.22. The molecule has 1 aliphatic rings. The van der Waals surface area contributed by atoms with Crippen molar-refractivity contribution in [3.8, 4) is 0 Å². The molecule has 1 aromatic carbocycles. The van der Waals surface area contributed by atoms with Crippen LogP contribution in [-0.2, 0) is 0 Å². The Morgan fingerprint density at radius 2 is 1.76 bits per heavy atom. The Hall–Kier alpha value is -0.240. The summed E-state index contributed by atoms with van der Waals surface area (Å²) in [5, 5.41) is 5.05. The van der Waals surface area contributed by atoms with E-state index in [4.69, 9.17) is 23.2 Å². The number of benzene rings is 1. The molecule has 0 radical (unpaired) electrons. The molecule has 1 aromatic rings. The molecule has 3 heteroatoms. The van der Waals surface area contributed by atoms with Crippen LogP contribution in [-0.4, -0.2) is 6.04 Å². The monoisotopic (exact) mass is 327 g/mol. The van der Waals surface area contributed by atoms with Crippen molar-refractivity contribution in [3.63, 3.8) is 0 Å². The van der Waals surface area contributed by atoms with Gasteiger partial charge in [0.1, 0.15) is 0 Å². The smallest absolute Gasteiger partial charge is 0.0595 e. The second-order valence-corrected chi connectivity index (χ2v) is 7.59. The third-order valence-electron chi connectivity index (χ3n) is 4.89. The maximum absolute atomic E-state index is 6.12. The largest absolute Gasteiger partial charge is 0.307 e. The lowest BCUT2D eigenvalue weighted by Crippen LogP contribution is -2.31. The normalized spacial score (nSPS) is 24.9. The minimum Gasteiger partial charge on any atom is -0.307 e. The first-order valence-electron chi connectivity index (χ1n) is 8.18. The van der Waals surface area contributed by atoms with E-state index < -0.39 is 0 Å². The van der Waals surface area contributed by atoms with Gasteiger partial charge in [-0.05, 0) is 55.7 Å². The first kappa shape index (κ1) is 17.1. The molecule has 0 aromatic heterocycles. The molecule has 0 heterocycles. The Morgan fingerprint density at radius 1 is 1.00 bits per heavy atom. The Kier molecular flexibility index (Phi) is 6.40. The van der Waals surface area contributed by atoms with E-state index in [0.717, 1.165) is 11.8 Å². The predicted molar refractivity (Wildman–Crippen MR) is 93.2 cm³/mol. The highest BCUT2D eigenvalue weighted by Gasteiger charge is 2.22. The van der Waals surface area contributed by atoms with Crippen molar-refractivity contribution >= 4 is 23.2 Å². The lowest BCUT2D eigenvalue weighted by atomic mass is 9.89. The summed E-state index contributed by atoms with van der Waals surface area (Å²) >= 11 is 12.1. The van der Waals surface area contributed by atoms with Crippen molar-refractivity contribution in [3.05, 3.63) is 33.8 Å². The first-order chi connectivity index (χ1) is 9.97. The van der Waals surface area contributed by atoms with Gasteiger partial charge in [0.05, 0.1) is 10.0 Å². The summed E-state index contributed by atoms with van der Waals surface area (Å²) in [4.78, 5) is 0. The van der Waals surface area contributed by atoms with E-state index in [1.807, 2.05) is 12.1 Å². The summed E-state index contributed by atoms with van der Waals surface area (Å²) in [7, 11) is 0. The predicted octanol–water partition coefficient (Wildman–Crippen LogP) is 6.25. The van der Waals surface area contributed by atoms with Crippen molar-refractivity contribution < 1.29 is 0 Å². The van der Waals surface area contributed by atoms with Crippen LogP contribution in [0.4, 0.5) is 0 Å². The standard InChI is InChI=1S/C18H27Cl2N/c1-12(2)14-5-4-6-16(9-7-14)21-13(3)15-8-10-17(19)18(20)11-15/h8,10-14,16,21H,4-7,9H2,1-3H3. The van der Waals surface area contributed by atoms with Gasteiger partial charge in [-0.1, -0.05) is 56.0 Å². The summed E-state index contributed by atoms with van der Waals surface area (Å²) in [6, 6.07) is 6.88. The SMILES string of the molecule is CC(NC1CCCC(C(C)C)CC1)c1ccc(Cl)c(Cl)c1. The molecule has 3 atom stereocenters. The highest BCUT2D eigenvalue weighted by atomic mass is 35.5. The van der Waals surface area contributed by atoms with E-state index in [-0.39, 0.29) is 0 Å². The number of halogens is 2. The van der Waals surface area contributed by atoms with Gasteiger partial charge in [-0.15, -0.1) is 0 Å². The molecular weight excluding hydrogens is 301 g/mol. The number of nitrogens with one attached hydrogen (secondary N) is 1. The van der Waals surface area contributed by atoms with Crippen LogP contribution in [0.1, 0.15) is 64.5 Å². The Bertz CT molecular complexity index is 459. The molecule has 3 unspecified atom stereocenters. The van der Waals surface area contributed by atoms with Gasteiger partial charge in [0.15, 0.2) is 0 Å². The number of hydrogen-bond acceptors (Lipinski definition) is 1.